The minimum absolute atomic E-state index is 0.0351. The zero-order valence-corrected chi connectivity index (χ0v) is 13.8. The van der Waals surface area contributed by atoms with Gasteiger partial charge in [0.05, 0.1) is 11.2 Å². The maximum absolute atomic E-state index is 6.26. The molecular weight excluding hydrogens is 246 g/mol. The molecule has 2 rings (SSSR count). The monoisotopic (exact) mass is 275 g/mol. The molecule has 0 amide bonds. The molecule has 0 aromatic heterocycles. The Bertz CT molecular complexity index is 447. The minimum Gasteiger partial charge on any atom is -0.369 e. The first-order valence-corrected chi connectivity index (χ1v) is 7.75. The van der Waals surface area contributed by atoms with Crippen molar-refractivity contribution in [3.05, 3.63) is 35.4 Å². The molecule has 1 fully saturated rings. The number of aryl methyl sites for hydroxylation is 1. The van der Waals surface area contributed by atoms with Gasteiger partial charge in [0.15, 0.2) is 0 Å². The van der Waals surface area contributed by atoms with Crippen LogP contribution in [-0.2, 0) is 11.2 Å². The van der Waals surface area contributed by atoms with Gasteiger partial charge in [-0.3, -0.25) is 0 Å². The Labute approximate surface area is 123 Å². The van der Waals surface area contributed by atoms with Gasteiger partial charge in [0, 0.05) is 12.0 Å². The van der Waals surface area contributed by atoms with E-state index in [1.807, 2.05) is 0 Å². The molecule has 0 spiro atoms. The van der Waals surface area contributed by atoms with Gasteiger partial charge in [-0.05, 0) is 58.7 Å². The van der Waals surface area contributed by atoms with Crippen molar-refractivity contribution in [2.75, 3.05) is 7.05 Å². The molecule has 0 saturated carbocycles. The summed E-state index contributed by atoms with van der Waals surface area (Å²) >= 11 is 0. The summed E-state index contributed by atoms with van der Waals surface area (Å²) in [5.74, 6) is 0.481. The van der Waals surface area contributed by atoms with Crippen LogP contribution in [0.4, 0.5) is 0 Å². The number of rotatable bonds is 4. The molecule has 2 atom stereocenters. The third kappa shape index (κ3) is 3.07. The Morgan fingerprint density at radius 3 is 2.20 bits per heavy atom. The molecule has 2 heteroatoms. The highest BCUT2D eigenvalue weighted by atomic mass is 16.5. The summed E-state index contributed by atoms with van der Waals surface area (Å²) in [4.78, 5) is 0. The first kappa shape index (κ1) is 15.5. The second-order valence-electron chi connectivity index (χ2n) is 7.14. The lowest BCUT2D eigenvalue weighted by atomic mass is 9.79. The van der Waals surface area contributed by atoms with E-state index in [-0.39, 0.29) is 11.2 Å². The van der Waals surface area contributed by atoms with Gasteiger partial charge in [-0.25, -0.2) is 0 Å². The Morgan fingerprint density at radius 1 is 1.20 bits per heavy atom. The summed E-state index contributed by atoms with van der Waals surface area (Å²) in [7, 11) is 2.06. The van der Waals surface area contributed by atoms with E-state index < -0.39 is 0 Å². The molecule has 2 unspecified atom stereocenters. The van der Waals surface area contributed by atoms with Crippen LogP contribution in [0, 0.1) is 5.92 Å². The van der Waals surface area contributed by atoms with Gasteiger partial charge >= 0.3 is 0 Å². The Hall–Kier alpha value is -0.860. The first-order valence-electron chi connectivity index (χ1n) is 7.75. The number of hydrogen-bond donors (Lipinski definition) is 1. The van der Waals surface area contributed by atoms with E-state index in [0.717, 1.165) is 12.8 Å². The van der Waals surface area contributed by atoms with Crippen LogP contribution in [0.25, 0.3) is 0 Å². The molecule has 0 aliphatic carbocycles. The molecule has 1 aliphatic heterocycles. The molecule has 0 bridgehead atoms. The highest BCUT2D eigenvalue weighted by Crippen LogP contribution is 2.47. The molecule has 1 saturated heterocycles. The summed E-state index contributed by atoms with van der Waals surface area (Å²) in [6.07, 6.45) is 2.18. The summed E-state index contributed by atoms with van der Waals surface area (Å²) < 4.78 is 6.26. The maximum atomic E-state index is 6.26. The fraction of sp³-hybridized carbons (Fsp3) is 0.667. The number of ether oxygens (including phenoxy) is 1. The van der Waals surface area contributed by atoms with Crippen LogP contribution in [-0.4, -0.2) is 18.2 Å². The van der Waals surface area contributed by atoms with E-state index >= 15 is 0 Å². The van der Waals surface area contributed by atoms with Gasteiger partial charge in [0.1, 0.15) is 0 Å². The van der Waals surface area contributed by atoms with Crippen molar-refractivity contribution in [1.82, 2.24) is 5.32 Å². The maximum Gasteiger partial charge on any atom is 0.0681 e. The van der Waals surface area contributed by atoms with Crippen molar-refractivity contribution in [2.45, 2.75) is 64.7 Å². The molecular formula is C18H29NO. The normalized spacial score (nSPS) is 25.6. The molecule has 0 radical (unpaired) electrons. The molecule has 112 valence electrons. The summed E-state index contributed by atoms with van der Waals surface area (Å²) in [6, 6.07) is 9.36. The van der Waals surface area contributed by atoms with Crippen molar-refractivity contribution in [2.24, 2.45) is 5.92 Å². The number of nitrogens with one attached hydrogen (secondary N) is 1. The van der Waals surface area contributed by atoms with Crippen molar-refractivity contribution >= 4 is 0 Å². The summed E-state index contributed by atoms with van der Waals surface area (Å²) in [6.45, 7) is 11.0. The van der Waals surface area contributed by atoms with E-state index in [4.69, 9.17) is 4.74 Å². The highest BCUT2D eigenvalue weighted by molar-refractivity contribution is 5.26. The Kier molecular flexibility index (Phi) is 4.27. The average molecular weight is 275 g/mol. The third-order valence-electron chi connectivity index (χ3n) is 4.60. The number of benzene rings is 1. The molecule has 1 aliphatic rings. The van der Waals surface area contributed by atoms with Crippen LogP contribution in [0.15, 0.2) is 24.3 Å². The summed E-state index contributed by atoms with van der Waals surface area (Å²) in [5, 5.41) is 3.51. The molecule has 20 heavy (non-hydrogen) atoms. The van der Waals surface area contributed by atoms with E-state index in [9.17, 15) is 0 Å². The predicted octanol–water partition coefficient (Wildman–Crippen LogP) is 4.10. The van der Waals surface area contributed by atoms with Crippen LogP contribution >= 0.6 is 0 Å². The van der Waals surface area contributed by atoms with Crippen molar-refractivity contribution in [3.63, 3.8) is 0 Å². The van der Waals surface area contributed by atoms with Crippen LogP contribution in [0.2, 0.25) is 0 Å². The SMILES string of the molecule is CCc1ccc(C(NC)C2CC(C)(C)OC2(C)C)cc1. The zero-order chi connectivity index (χ0) is 15.0. The van der Waals surface area contributed by atoms with E-state index in [2.05, 4.69) is 71.2 Å². The molecule has 1 heterocycles. The van der Waals surface area contributed by atoms with E-state index in [1.54, 1.807) is 0 Å². The van der Waals surface area contributed by atoms with Crippen molar-refractivity contribution in [1.29, 1.82) is 0 Å². The smallest absolute Gasteiger partial charge is 0.0681 e. The van der Waals surface area contributed by atoms with Crippen LogP contribution in [0.5, 0.6) is 0 Å². The van der Waals surface area contributed by atoms with Crippen molar-refractivity contribution in [3.8, 4) is 0 Å². The van der Waals surface area contributed by atoms with Gasteiger partial charge in [0.25, 0.3) is 0 Å². The van der Waals surface area contributed by atoms with Gasteiger partial charge in [-0.1, -0.05) is 31.2 Å². The third-order valence-corrected chi connectivity index (χ3v) is 4.60. The second-order valence-corrected chi connectivity index (χ2v) is 7.14. The topological polar surface area (TPSA) is 21.3 Å². The molecule has 2 nitrogen and oxygen atoms in total. The summed E-state index contributed by atoms with van der Waals surface area (Å²) in [5.41, 5.74) is 2.63. The molecule has 1 aromatic rings. The zero-order valence-electron chi connectivity index (χ0n) is 13.8. The van der Waals surface area contributed by atoms with E-state index in [1.165, 1.54) is 11.1 Å². The molecule has 1 N–H and O–H groups in total. The fourth-order valence-corrected chi connectivity index (χ4v) is 3.68. The highest BCUT2D eigenvalue weighted by Gasteiger charge is 2.48. The fourth-order valence-electron chi connectivity index (χ4n) is 3.68. The van der Waals surface area contributed by atoms with Gasteiger partial charge in [-0.15, -0.1) is 0 Å². The first-order chi connectivity index (χ1) is 9.29. The van der Waals surface area contributed by atoms with Crippen molar-refractivity contribution < 1.29 is 4.74 Å². The Morgan fingerprint density at radius 2 is 1.80 bits per heavy atom. The standard InChI is InChI=1S/C18H29NO/c1-7-13-8-10-14(11-9-13)16(19-6)15-12-17(2,3)20-18(15,4)5/h8-11,15-16,19H,7,12H2,1-6H3. The molecule has 1 aromatic carbocycles. The van der Waals surface area contributed by atoms with Crippen LogP contribution in [0.1, 0.15) is 58.2 Å². The quantitative estimate of drug-likeness (QED) is 0.893. The average Bonchev–Trinajstić information content (AvgIpc) is 2.59. The number of hydrogen-bond acceptors (Lipinski definition) is 2. The van der Waals surface area contributed by atoms with Gasteiger partial charge in [0.2, 0.25) is 0 Å². The largest absolute Gasteiger partial charge is 0.369 e. The van der Waals surface area contributed by atoms with Crippen LogP contribution in [0.3, 0.4) is 0 Å². The van der Waals surface area contributed by atoms with Gasteiger partial charge < -0.3 is 10.1 Å². The van der Waals surface area contributed by atoms with Crippen LogP contribution < -0.4 is 5.32 Å². The van der Waals surface area contributed by atoms with Gasteiger partial charge in [-0.2, -0.15) is 0 Å². The lowest BCUT2D eigenvalue weighted by Gasteiger charge is -2.33. The van der Waals surface area contributed by atoms with E-state index in [0.29, 0.717) is 12.0 Å². The lowest BCUT2D eigenvalue weighted by Crippen LogP contribution is -2.37. The lowest BCUT2D eigenvalue weighted by molar-refractivity contribution is -0.0776. The predicted molar refractivity (Wildman–Crippen MR) is 85.0 cm³/mol. The minimum atomic E-state index is -0.0966. The Balaban J connectivity index is 2.27. The second kappa shape index (κ2) is 5.50.